The Bertz CT molecular complexity index is 749. The fourth-order valence-corrected chi connectivity index (χ4v) is 2.87. The molecule has 0 amide bonds. The number of aromatic nitrogens is 1. The molecule has 0 aliphatic carbocycles. The monoisotopic (exact) mass is 395 g/mol. The summed E-state index contributed by atoms with van der Waals surface area (Å²) in [5, 5.41) is 7.19. The maximum atomic E-state index is 11.5. The van der Waals surface area contributed by atoms with Crippen LogP contribution in [0.15, 0.2) is 28.7 Å². The van der Waals surface area contributed by atoms with Crippen molar-refractivity contribution >= 4 is 40.3 Å². The summed E-state index contributed by atoms with van der Waals surface area (Å²) in [4.78, 5) is 15.8. The molecule has 0 unspecified atom stereocenters. The van der Waals surface area contributed by atoms with Gasteiger partial charge in [0.25, 0.3) is 0 Å². The highest BCUT2D eigenvalue weighted by Gasteiger charge is 2.08. The highest BCUT2D eigenvalue weighted by molar-refractivity contribution is 7.13. The van der Waals surface area contributed by atoms with Crippen LogP contribution < -0.4 is 10.2 Å². The first-order valence-corrected chi connectivity index (χ1v) is 9.69. The van der Waals surface area contributed by atoms with Crippen LogP contribution in [0.3, 0.4) is 0 Å². The third kappa shape index (κ3) is 6.65. The van der Waals surface area contributed by atoms with E-state index in [0.717, 1.165) is 24.2 Å². The van der Waals surface area contributed by atoms with E-state index in [1.807, 2.05) is 6.07 Å². The average Bonchev–Trinajstić information content (AvgIpc) is 3.04. The van der Waals surface area contributed by atoms with Gasteiger partial charge in [-0.25, -0.2) is 4.98 Å². The summed E-state index contributed by atoms with van der Waals surface area (Å²) in [6.45, 7) is 4.90. The lowest BCUT2D eigenvalue weighted by atomic mass is 10.2. The van der Waals surface area contributed by atoms with Gasteiger partial charge in [0, 0.05) is 16.0 Å². The summed E-state index contributed by atoms with van der Waals surface area (Å²) in [6.07, 6.45) is 3.84. The molecular weight excluding hydrogens is 374 g/mol. The van der Waals surface area contributed by atoms with Gasteiger partial charge in [-0.15, -0.1) is 11.3 Å². The fraction of sp³-hybridized carbons (Fsp3) is 0.389. The summed E-state index contributed by atoms with van der Waals surface area (Å²) >= 11 is 7.43. The zero-order valence-corrected chi connectivity index (χ0v) is 16.4. The van der Waals surface area contributed by atoms with E-state index in [-0.39, 0.29) is 12.4 Å². The van der Waals surface area contributed by atoms with Crippen LogP contribution in [0.25, 0.3) is 0 Å². The molecule has 0 fully saturated rings. The summed E-state index contributed by atoms with van der Waals surface area (Å²) < 4.78 is 10.7. The first-order chi connectivity index (χ1) is 12.6. The number of unbranched alkanes of at least 4 members (excludes halogenated alkanes) is 1. The zero-order chi connectivity index (χ0) is 18.8. The highest BCUT2D eigenvalue weighted by Crippen LogP contribution is 2.22. The van der Waals surface area contributed by atoms with Crippen molar-refractivity contribution in [3.63, 3.8) is 0 Å². The van der Waals surface area contributed by atoms with Crippen LogP contribution in [-0.2, 0) is 16.0 Å². The zero-order valence-electron chi connectivity index (χ0n) is 14.8. The van der Waals surface area contributed by atoms with Crippen molar-refractivity contribution in [1.82, 2.24) is 4.98 Å². The molecule has 0 saturated carbocycles. The molecule has 26 heavy (non-hydrogen) atoms. The van der Waals surface area contributed by atoms with Crippen molar-refractivity contribution in [3.05, 3.63) is 39.9 Å². The third-order valence-corrected chi connectivity index (χ3v) is 4.30. The van der Waals surface area contributed by atoms with Gasteiger partial charge in [-0.1, -0.05) is 24.9 Å². The maximum Gasteiger partial charge on any atom is 0.311 e. The molecule has 2 rings (SSSR count). The molecule has 2 aromatic rings. The van der Waals surface area contributed by atoms with Gasteiger partial charge >= 0.3 is 5.97 Å². The van der Waals surface area contributed by atoms with Crippen molar-refractivity contribution in [1.29, 1.82) is 0 Å². The van der Waals surface area contributed by atoms with Crippen molar-refractivity contribution in [2.45, 2.75) is 33.1 Å². The first kappa shape index (κ1) is 20.2. The number of carbonyl (C=O) groups excluding carboxylic acids is 1. The number of esters is 1. The minimum Gasteiger partial charge on any atom is -0.493 e. The predicted octanol–water partition coefficient (Wildman–Crippen LogP) is 4.53. The van der Waals surface area contributed by atoms with E-state index in [1.165, 1.54) is 11.3 Å². The molecule has 1 heterocycles. The van der Waals surface area contributed by atoms with E-state index in [1.54, 1.807) is 30.7 Å². The van der Waals surface area contributed by atoms with Gasteiger partial charge in [0.1, 0.15) is 5.75 Å². The second-order valence-electron chi connectivity index (χ2n) is 5.38. The maximum absolute atomic E-state index is 11.5. The minimum atomic E-state index is -0.291. The number of thiazole rings is 1. The summed E-state index contributed by atoms with van der Waals surface area (Å²) in [7, 11) is 0. The number of nitrogens with one attached hydrogen (secondary N) is 1. The summed E-state index contributed by atoms with van der Waals surface area (Å²) in [5.41, 5.74) is 4.29. The fourth-order valence-electron chi connectivity index (χ4n) is 2.03. The van der Waals surface area contributed by atoms with Gasteiger partial charge in [-0.3, -0.25) is 10.2 Å². The molecule has 0 atom stereocenters. The van der Waals surface area contributed by atoms with Gasteiger partial charge in [-0.05, 0) is 31.5 Å². The number of benzene rings is 1. The molecule has 0 saturated heterocycles. The third-order valence-electron chi connectivity index (χ3n) is 3.27. The molecule has 0 radical (unpaired) electrons. The lowest BCUT2D eigenvalue weighted by Crippen LogP contribution is -2.07. The Hall–Kier alpha value is -2.12. The van der Waals surface area contributed by atoms with E-state index >= 15 is 0 Å². The standard InChI is InChI=1S/C18H22ClN3O3S/c1-3-5-8-25-16-7-6-14(19)9-13(16)11-20-22-18-21-15(12-26-18)10-17(23)24-4-2/h6-7,9,11-12H,3-5,8,10H2,1-2H3,(H,21,22). The lowest BCUT2D eigenvalue weighted by molar-refractivity contribution is -0.142. The molecule has 6 nitrogen and oxygen atoms in total. The number of rotatable bonds is 10. The molecule has 1 aromatic carbocycles. The van der Waals surface area contributed by atoms with Crippen molar-refractivity contribution in [3.8, 4) is 5.75 Å². The number of anilines is 1. The molecule has 140 valence electrons. The molecule has 0 aliphatic rings. The van der Waals surface area contributed by atoms with Crippen LogP contribution in [0.4, 0.5) is 5.13 Å². The molecule has 1 aromatic heterocycles. The number of hydrogen-bond donors (Lipinski definition) is 1. The van der Waals surface area contributed by atoms with Crippen LogP contribution in [-0.4, -0.2) is 30.4 Å². The van der Waals surface area contributed by atoms with Crippen LogP contribution in [0.1, 0.15) is 37.9 Å². The number of carbonyl (C=O) groups is 1. The Morgan fingerprint density at radius 3 is 3.04 bits per heavy atom. The van der Waals surface area contributed by atoms with E-state index < -0.39 is 0 Å². The van der Waals surface area contributed by atoms with Crippen molar-refractivity contribution in [2.24, 2.45) is 5.10 Å². The molecule has 0 spiro atoms. The minimum absolute atomic E-state index is 0.152. The number of hydrazone groups is 1. The normalized spacial score (nSPS) is 10.9. The van der Waals surface area contributed by atoms with E-state index in [9.17, 15) is 4.79 Å². The van der Waals surface area contributed by atoms with Crippen LogP contribution in [0.5, 0.6) is 5.75 Å². The predicted molar refractivity (Wildman–Crippen MR) is 106 cm³/mol. The Labute approximate surface area is 162 Å². The largest absolute Gasteiger partial charge is 0.493 e. The lowest BCUT2D eigenvalue weighted by Gasteiger charge is -2.08. The Morgan fingerprint density at radius 1 is 1.42 bits per heavy atom. The van der Waals surface area contributed by atoms with E-state index in [4.69, 9.17) is 21.1 Å². The van der Waals surface area contributed by atoms with Gasteiger partial charge < -0.3 is 9.47 Å². The van der Waals surface area contributed by atoms with Crippen LogP contribution in [0, 0.1) is 0 Å². The smallest absolute Gasteiger partial charge is 0.311 e. The van der Waals surface area contributed by atoms with Crippen molar-refractivity contribution in [2.75, 3.05) is 18.6 Å². The molecule has 8 heteroatoms. The van der Waals surface area contributed by atoms with Crippen molar-refractivity contribution < 1.29 is 14.3 Å². The average molecular weight is 396 g/mol. The topological polar surface area (TPSA) is 72.8 Å². The van der Waals surface area contributed by atoms with E-state index in [0.29, 0.717) is 29.1 Å². The van der Waals surface area contributed by atoms with Gasteiger partial charge in [0.05, 0.1) is 31.5 Å². The highest BCUT2D eigenvalue weighted by atomic mass is 35.5. The second kappa shape index (κ2) is 10.8. The summed E-state index contributed by atoms with van der Waals surface area (Å²) in [6, 6.07) is 5.42. The molecule has 0 bridgehead atoms. The molecule has 1 N–H and O–H groups in total. The first-order valence-electron chi connectivity index (χ1n) is 8.43. The number of ether oxygens (including phenoxy) is 2. The van der Waals surface area contributed by atoms with Crippen LogP contribution >= 0.6 is 22.9 Å². The van der Waals surface area contributed by atoms with Gasteiger partial charge in [0.2, 0.25) is 5.13 Å². The van der Waals surface area contributed by atoms with Gasteiger partial charge in [-0.2, -0.15) is 5.10 Å². The Morgan fingerprint density at radius 2 is 2.27 bits per heavy atom. The SMILES string of the molecule is CCCCOc1ccc(Cl)cc1C=NNc1nc(CC(=O)OCC)cs1. The second-order valence-corrected chi connectivity index (χ2v) is 6.67. The molecular formula is C18H22ClN3O3S. The van der Waals surface area contributed by atoms with Gasteiger partial charge in [0.15, 0.2) is 0 Å². The quantitative estimate of drug-likeness (QED) is 0.277. The molecule has 0 aliphatic heterocycles. The summed E-state index contributed by atoms with van der Waals surface area (Å²) in [5.74, 6) is 0.441. The Kier molecular flexibility index (Phi) is 8.37. The number of halogens is 1. The number of nitrogens with zero attached hydrogens (tertiary/aromatic N) is 2. The van der Waals surface area contributed by atoms with E-state index in [2.05, 4.69) is 22.4 Å². The van der Waals surface area contributed by atoms with Crippen LogP contribution in [0.2, 0.25) is 5.02 Å². The number of hydrogen-bond acceptors (Lipinski definition) is 7. The Balaban J connectivity index is 1.96.